The van der Waals surface area contributed by atoms with Crippen molar-refractivity contribution < 1.29 is 13.5 Å². The first-order chi connectivity index (χ1) is 8.54. The van der Waals surface area contributed by atoms with Gasteiger partial charge in [0.2, 0.25) is 10.0 Å². The molecule has 2 aliphatic rings. The van der Waals surface area contributed by atoms with Gasteiger partial charge in [-0.1, -0.05) is 26.2 Å². The molecule has 5 heteroatoms. The zero-order chi connectivity index (χ0) is 13.2. The minimum absolute atomic E-state index is 0.0505. The molecule has 1 N–H and O–H groups in total. The zero-order valence-corrected chi connectivity index (χ0v) is 12.0. The van der Waals surface area contributed by atoms with Crippen LogP contribution in [0.25, 0.3) is 0 Å². The Morgan fingerprint density at radius 2 is 1.83 bits per heavy atom. The average Bonchev–Trinajstić information content (AvgIpc) is 2.72. The van der Waals surface area contributed by atoms with E-state index in [1.54, 1.807) is 4.31 Å². The molecule has 2 atom stereocenters. The highest BCUT2D eigenvalue weighted by atomic mass is 32.2. The van der Waals surface area contributed by atoms with Gasteiger partial charge in [0.1, 0.15) is 0 Å². The highest BCUT2D eigenvalue weighted by Gasteiger charge is 2.39. The summed E-state index contributed by atoms with van der Waals surface area (Å²) in [5.74, 6) is 0.895. The van der Waals surface area contributed by atoms with E-state index in [-0.39, 0.29) is 24.3 Å². The van der Waals surface area contributed by atoms with Gasteiger partial charge in [-0.05, 0) is 31.1 Å². The van der Waals surface area contributed by atoms with Gasteiger partial charge in [0.05, 0.1) is 18.4 Å². The lowest BCUT2D eigenvalue weighted by Gasteiger charge is -2.28. The van der Waals surface area contributed by atoms with E-state index >= 15 is 0 Å². The van der Waals surface area contributed by atoms with Gasteiger partial charge < -0.3 is 5.11 Å². The van der Waals surface area contributed by atoms with E-state index in [9.17, 15) is 13.5 Å². The van der Waals surface area contributed by atoms with E-state index in [2.05, 4.69) is 0 Å². The number of sulfonamides is 1. The molecule has 1 saturated heterocycles. The second kappa shape index (κ2) is 5.88. The number of aliphatic hydroxyl groups is 1. The Labute approximate surface area is 110 Å². The summed E-state index contributed by atoms with van der Waals surface area (Å²) in [6.07, 6.45) is 6.55. The van der Waals surface area contributed by atoms with E-state index in [0.29, 0.717) is 12.5 Å². The molecule has 4 nitrogen and oxygen atoms in total. The Kier molecular flexibility index (Phi) is 4.67. The number of aliphatic hydroxyl groups excluding tert-OH is 1. The van der Waals surface area contributed by atoms with Crippen molar-refractivity contribution in [3.63, 3.8) is 0 Å². The average molecular weight is 275 g/mol. The van der Waals surface area contributed by atoms with Crippen LogP contribution in [0, 0.1) is 11.8 Å². The van der Waals surface area contributed by atoms with Gasteiger partial charge >= 0.3 is 0 Å². The summed E-state index contributed by atoms with van der Waals surface area (Å²) < 4.78 is 26.4. The second-order valence-electron chi connectivity index (χ2n) is 5.91. The quantitative estimate of drug-likeness (QED) is 0.848. The minimum Gasteiger partial charge on any atom is -0.395 e. The standard InChI is InChI=1S/C13H25NO3S/c1-11-7-8-14(13(11)9-15)18(16,17)10-12-5-3-2-4-6-12/h11-13,15H,2-10H2,1H3. The van der Waals surface area contributed by atoms with Gasteiger partial charge in [-0.15, -0.1) is 0 Å². The molecule has 0 aromatic rings. The maximum absolute atomic E-state index is 12.4. The van der Waals surface area contributed by atoms with Crippen LogP contribution in [-0.4, -0.2) is 42.8 Å². The third-order valence-corrected chi connectivity index (χ3v) is 6.61. The maximum Gasteiger partial charge on any atom is 0.214 e. The molecule has 1 heterocycles. The lowest BCUT2D eigenvalue weighted by molar-refractivity contribution is 0.190. The lowest BCUT2D eigenvalue weighted by atomic mass is 9.91. The Bertz CT molecular complexity index is 362. The first-order valence-electron chi connectivity index (χ1n) is 7.15. The molecule has 0 spiro atoms. The number of hydrogen-bond donors (Lipinski definition) is 1. The first-order valence-corrected chi connectivity index (χ1v) is 8.76. The summed E-state index contributed by atoms with van der Waals surface area (Å²) in [4.78, 5) is 0. The van der Waals surface area contributed by atoms with Crippen LogP contribution >= 0.6 is 0 Å². The largest absolute Gasteiger partial charge is 0.395 e. The summed E-state index contributed by atoms with van der Waals surface area (Å²) in [7, 11) is -3.18. The molecule has 18 heavy (non-hydrogen) atoms. The van der Waals surface area contributed by atoms with E-state index in [1.165, 1.54) is 19.3 Å². The smallest absolute Gasteiger partial charge is 0.214 e. The van der Waals surface area contributed by atoms with Crippen molar-refractivity contribution in [2.75, 3.05) is 18.9 Å². The van der Waals surface area contributed by atoms with Crippen LogP contribution in [-0.2, 0) is 10.0 Å². The molecule has 106 valence electrons. The van der Waals surface area contributed by atoms with Crippen molar-refractivity contribution in [1.82, 2.24) is 4.31 Å². The first kappa shape index (κ1) is 14.3. The van der Waals surface area contributed by atoms with Crippen LogP contribution in [0.2, 0.25) is 0 Å². The SMILES string of the molecule is CC1CCN(S(=O)(=O)CC2CCCCC2)C1CO. The van der Waals surface area contributed by atoms with Crippen LogP contribution in [0.5, 0.6) is 0 Å². The van der Waals surface area contributed by atoms with Gasteiger partial charge in [0, 0.05) is 6.54 Å². The molecule has 1 saturated carbocycles. The molecule has 0 radical (unpaired) electrons. The van der Waals surface area contributed by atoms with Crippen LogP contribution in [0.15, 0.2) is 0 Å². The predicted octanol–water partition coefficient (Wildman–Crippen LogP) is 1.60. The van der Waals surface area contributed by atoms with Gasteiger partial charge in [-0.3, -0.25) is 0 Å². The summed E-state index contributed by atoms with van der Waals surface area (Å²) in [5, 5.41) is 9.37. The molecular formula is C13H25NO3S. The van der Waals surface area contributed by atoms with E-state index < -0.39 is 10.0 Å². The predicted molar refractivity (Wildman–Crippen MR) is 71.7 cm³/mol. The van der Waals surface area contributed by atoms with Crippen LogP contribution < -0.4 is 0 Å². The molecule has 2 fully saturated rings. The third-order valence-electron chi connectivity index (χ3n) is 4.55. The molecule has 0 aromatic heterocycles. The van der Waals surface area contributed by atoms with Gasteiger partial charge in [0.15, 0.2) is 0 Å². The topological polar surface area (TPSA) is 57.6 Å². The molecular weight excluding hydrogens is 250 g/mol. The fourth-order valence-electron chi connectivity index (χ4n) is 3.34. The van der Waals surface area contributed by atoms with Gasteiger partial charge in [-0.25, -0.2) is 8.42 Å². The normalized spacial score (nSPS) is 31.9. The van der Waals surface area contributed by atoms with Crippen molar-refractivity contribution in [2.45, 2.75) is 51.5 Å². The minimum atomic E-state index is -3.18. The maximum atomic E-state index is 12.4. The van der Waals surface area contributed by atoms with Crippen molar-refractivity contribution in [2.24, 2.45) is 11.8 Å². The molecule has 2 rings (SSSR count). The molecule has 1 aliphatic carbocycles. The Morgan fingerprint density at radius 3 is 2.44 bits per heavy atom. The fourth-order valence-corrected chi connectivity index (χ4v) is 5.53. The van der Waals surface area contributed by atoms with Crippen LogP contribution in [0.4, 0.5) is 0 Å². The Morgan fingerprint density at radius 1 is 1.17 bits per heavy atom. The second-order valence-corrected chi connectivity index (χ2v) is 7.88. The van der Waals surface area contributed by atoms with Crippen molar-refractivity contribution >= 4 is 10.0 Å². The Hall–Kier alpha value is -0.130. The Balaban J connectivity index is 2.01. The summed E-state index contributed by atoms with van der Waals surface area (Å²) in [6.45, 7) is 2.56. The highest BCUT2D eigenvalue weighted by Crippen LogP contribution is 2.30. The van der Waals surface area contributed by atoms with E-state index in [0.717, 1.165) is 19.3 Å². The summed E-state index contributed by atoms with van der Waals surface area (Å²) in [5.41, 5.74) is 0. The zero-order valence-electron chi connectivity index (χ0n) is 11.2. The third kappa shape index (κ3) is 3.06. The lowest BCUT2D eigenvalue weighted by Crippen LogP contribution is -2.42. The molecule has 1 aliphatic heterocycles. The van der Waals surface area contributed by atoms with Gasteiger partial charge in [0.25, 0.3) is 0 Å². The number of nitrogens with zero attached hydrogens (tertiary/aromatic N) is 1. The number of hydrogen-bond acceptors (Lipinski definition) is 3. The monoisotopic (exact) mass is 275 g/mol. The molecule has 0 bridgehead atoms. The van der Waals surface area contributed by atoms with Crippen LogP contribution in [0.1, 0.15) is 45.4 Å². The molecule has 0 aromatic carbocycles. The van der Waals surface area contributed by atoms with Crippen molar-refractivity contribution in [1.29, 1.82) is 0 Å². The van der Waals surface area contributed by atoms with Gasteiger partial charge in [-0.2, -0.15) is 4.31 Å². The molecule has 2 unspecified atom stereocenters. The van der Waals surface area contributed by atoms with Crippen LogP contribution in [0.3, 0.4) is 0 Å². The van der Waals surface area contributed by atoms with Crippen molar-refractivity contribution in [3.8, 4) is 0 Å². The molecule has 0 amide bonds. The van der Waals surface area contributed by atoms with E-state index in [1.807, 2.05) is 6.92 Å². The summed E-state index contributed by atoms with van der Waals surface area (Å²) in [6, 6.07) is -0.196. The number of rotatable bonds is 4. The fraction of sp³-hybridized carbons (Fsp3) is 1.00. The summed E-state index contributed by atoms with van der Waals surface area (Å²) >= 11 is 0. The van der Waals surface area contributed by atoms with E-state index in [4.69, 9.17) is 0 Å². The highest BCUT2D eigenvalue weighted by molar-refractivity contribution is 7.89. The van der Waals surface area contributed by atoms with Crippen molar-refractivity contribution in [3.05, 3.63) is 0 Å².